The highest BCUT2D eigenvalue weighted by atomic mass is 16.5. The highest BCUT2D eigenvalue weighted by Crippen LogP contribution is 2.49. The Kier molecular flexibility index (Phi) is 4.21. The Morgan fingerprint density at radius 3 is 2.75 bits per heavy atom. The van der Waals surface area contributed by atoms with Crippen LogP contribution >= 0.6 is 0 Å². The van der Waals surface area contributed by atoms with Crippen LogP contribution < -0.4 is 9.64 Å². The molecule has 1 aromatic rings. The van der Waals surface area contributed by atoms with E-state index in [0.29, 0.717) is 5.41 Å². The van der Waals surface area contributed by atoms with Crippen molar-refractivity contribution < 1.29 is 9.47 Å². The van der Waals surface area contributed by atoms with Gasteiger partial charge in [-0.2, -0.15) is 0 Å². The Labute approximate surface area is 145 Å². The van der Waals surface area contributed by atoms with E-state index < -0.39 is 0 Å². The van der Waals surface area contributed by atoms with Crippen molar-refractivity contribution in [3.8, 4) is 5.75 Å². The summed E-state index contributed by atoms with van der Waals surface area (Å²) in [6.45, 7) is 8.39. The van der Waals surface area contributed by atoms with E-state index in [1.165, 1.54) is 29.7 Å². The minimum Gasteiger partial charge on any atom is -0.490 e. The van der Waals surface area contributed by atoms with Crippen LogP contribution in [0, 0.1) is 12.3 Å². The van der Waals surface area contributed by atoms with Gasteiger partial charge in [0, 0.05) is 32.2 Å². The molecular formula is C20H30N2O2. The van der Waals surface area contributed by atoms with Gasteiger partial charge in [-0.15, -0.1) is 0 Å². The van der Waals surface area contributed by atoms with Crippen molar-refractivity contribution in [3.63, 3.8) is 0 Å². The van der Waals surface area contributed by atoms with Gasteiger partial charge in [-0.25, -0.2) is 0 Å². The number of nitrogens with zero attached hydrogens (tertiary/aromatic N) is 2. The molecule has 1 saturated carbocycles. The number of hydrogen-bond acceptors (Lipinski definition) is 4. The molecule has 2 aliphatic heterocycles. The summed E-state index contributed by atoms with van der Waals surface area (Å²) >= 11 is 0. The average molecular weight is 330 g/mol. The van der Waals surface area contributed by atoms with Gasteiger partial charge in [0.25, 0.3) is 0 Å². The first-order valence-corrected chi connectivity index (χ1v) is 9.32. The molecule has 0 radical (unpaired) electrons. The van der Waals surface area contributed by atoms with Crippen LogP contribution in [-0.4, -0.2) is 58.5 Å². The molecule has 0 saturated heterocycles. The quantitative estimate of drug-likeness (QED) is 0.847. The van der Waals surface area contributed by atoms with Gasteiger partial charge in [-0.05, 0) is 62.4 Å². The first kappa shape index (κ1) is 16.2. The summed E-state index contributed by atoms with van der Waals surface area (Å²) in [5.74, 6) is 1.11. The second-order valence-electron chi connectivity index (χ2n) is 7.99. The molecule has 4 nitrogen and oxygen atoms in total. The van der Waals surface area contributed by atoms with E-state index in [0.717, 1.165) is 58.0 Å². The van der Waals surface area contributed by atoms with E-state index in [4.69, 9.17) is 9.47 Å². The standard InChI is InChI=1S/C20H30N2O2/c1-15-17-5-9-21(2)8-4-16(17)12-18-19(15)22(10-11-24-18)13-20(6-7-20)14-23-3/h12H,4-11,13-14H2,1-3H3. The van der Waals surface area contributed by atoms with Crippen LogP contribution in [0.3, 0.4) is 0 Å². The van der Waals surface area contributed by atoms with Gasteiger partial charge >= 0.3 is 0 Å². The minimum atomic E-state index is 0.378. The molecule has 132 valence electrons. The molecule has 4 rings (SSSR count). The Balaban J connectivity index is 1.67. The maximum atomic E-state index is 6.08. The number of likely N-dealkylation sites (N-methyl/N-ethyl adjacent to an activating group) is 1. The maximum absolute atomic E-state index is 6.08. The lowest BCUT2D eigenvalue weighted by Crippen LogP contribution is -2.39. The molecule has 0 spiro atoms. The molecule has 0 bridgehead atoms. The highest BCUT2D eigenvalue weighted by molar-refractivity contribution is 5.69. The number of ether oxygens (including phenoxy) is 2. The smallest absolute Gasteiger partial charge is 0.143 e. The van der Waals surface area contributed by atoms with Crippen LogP contribution in [0.5, 0.6) is 5.75 Å². The molecule has 2 heterocycles. The predicted octanol–water partition coefficient (Wildman–Crippen LogP) is 2.65. The lowest BCUT2D eigenvalue weighted by molar-refractivity contribution is 0.142. The second kappa shape index (κ2) is 6.23. The second-order valence-corrected chi connectivity index (χ2v) is 7.99. The van der Waals surface area contributed by atoms with Crippen LogP contribution in [0.4, 0.5) is 5.69 Å². The maximum Gasteiger partial charge on any atom is 0.143 e. The molecule has 0 amide bonds. The van der Waals surface area contributed by atoms with Gasteiger partial charge in [0.2, 0.25) is 0 Å². The molecule has 24 heavy (non-hydrogen) atoms. The van der Waals surface area contributed by atoms with Crippen LogP contribution in [0.25, 0.3) is 0 Å². The van der Waals surface area contributed by atoms with Crippen molar-refractivity contribution >= 4 is 5.69 Å². The Morgan fingerprint density at radius 1 is 1.21 bits per heavy atom. The van der Waals surface area contributed by atoms with E-state index in [1.54, 1.807) is 5.56 Å². The van der Waals surface area contributed by atoms with E-state index in [9.17, 15) is 0 Å². The summed E-state index contributed by atoms with van der Waals surface area (Å²) < 4.78 is 11.6. The molecule has 1 aliphatic carbocycles. The van der Waals surface area contributed by atoms with Gasteiger partial charge in [0.05, 0.1) is 18.8 Å². The molecule has 0 atom stereocenters. The largest absolute Gasteiger partial charge is 0.490 e. The van der Waals surface area contributed by atoms with Gasteiger partial charge in [-0.3, -0.25) is 0 Å². The van der Waals surface area contributed by atoms with E-state index in [1.807, 2.05) is 7.11 Å². The Hall–Kier alpha value is -1.26. The zero-order chi connectivity index (χ0) is 16.7. The van der Waals surface area contributed by atoms with Crippen LogP contribution in [0.2, 0.25) is 0 Å². The van der Waals surface area contributed by atoms with Crippen LogP contribution in [-0.2, 0) is 17.6 Å². The number of fused-ring (bicyclic) bond motifs is 2. The molecular weight excluding hydrogens is 300 g/mol. The summed E-state index contributed by atoms with van der Waals surface area (Å²) in [6, 6.07) is 2.33. The fourth-order valence-electron chi connectivity index (χ4n) is 4.45. The molecule has 0 unspecified atom stereocenters. The monoisotopic (exact) mass is 330 g/mol. The molecule has 4 heteroatoms. The minimum absolute atomic E-state index is 0.378. The topological polar surface area (TPSA) is 24.9 Å². The Bertz CT molecular complexity index is 625. The first-order chi connectivity index (χ1) is 11.6. The third-order valence-corrected chi connectivity index (χ3v) is 6.11. The van der Waals surface area contributed by atoms with Crippen molar-refractivity contribution in [3.05, 3.63) is 22.8 Å². The summed E-state index contributed by atoms with van der Waals surface area (Å²) in [7, 11) is 4.06. The fraction of sp³-hybridized carbons (Fsp3) is 0.700. The fourth-order valence-corrected chi connectivity index (χ4v) is 4.45. The van der Waals surface area contributed by atoms with Crippen molar-refractivity contribution in [2.45, 2.75) is 32.6 Å². The lowest BCUT2D eigenvalue weighted by Gasteiger charge is -2.36. The van der Waals surface area contributed by atoms with Gasteiger partial charge in [0.1, 0.15) is 12.4 Å². The van der Waals surface area contributed by atoms with Gasteiger partial charge in [0.15, 0.2) is 0 Å². The van der Waals surface area contributed by atoms with Crippen molar-refractivity contribution in [1.82, 2.24) is 4.90 Å². The first-order valence-electron chi connectivity index (χ1n) is 9.32. The third kappa shape index (κ3) is 2.91. The van der Waals surface area contributed by atoms with E-state index in [-0.39, 0.29) is 0 Å². The average Bonchev–Trinajstić information content (AvgIpc) is 3.33. The zero-order valence-electron chi connectivity index (χ0n) is 15.4. The third-order valence-electron chi connectivity index (χ3n) is 6.11. The van der Waals surface area contributed by atoms with Crippen molar-refractivity contribution in [2.24, 2.45) is 5.41 Å². The number of hydrogen-bond donors (Lipinski definition) is 0. The summed E-state index contributed by atoms with van der Waals surface area (Å²) in [4.78, 5) is 5.02. The normalized spacial score (nSPS) is 22.4. The SMILES string of the molecule is COCC1(CN2CCOc3cc4c(c(C)c32)CCN(C)CC4)CC1. The van der Waals surface area contributed by atoms with Crippen molar-refractivity contribution in [2.75, 3.05) is 58.5 Å². The highest BCUT2D eigenvalue weighted by Gasteiger charge is 2.45. The molecule has 0 aromatic heterocycles. The molecule has 1 aromatic carbocycles. The molecule has 3 aliphatic rings. The van der Waals surface area contributed by atoms with Crippen molar-refractivity contribution in [1.29, 1.82) is 0 Å². The zero-order valence-corrected chi connectivity index (χ0v) is 15.4. The number of anilines is 1. The number of methoxy groups -OCH3 is 1. The number of rotatable bonds is 4. The lowest BCUT2D eigenvalue weighted by atomic mass is 9.94. The number of benzene rings is 1. The van der Waals surface area contributed by atoms with Crippen LogP contribution in [0.1, 0.15) is 29.5 Å². The van der Waals surface area contributed by atoms with E-state index in [2.05, 4.69) is 29.8 Å². The summed E-state index contributed by atoms with van der Waals surface area (Å²) in [6.07, 6.45) is 4.88. The van der Waals surface area contributed by atoms with Gasteiger partial charge in [-0.1, -0.05) is 0 Å². The molecule has 1 fully saturated rings. The molecule has 0 N–H and O–H groups in total. The summed E-state index contributed by atoms with van der Waals surface area (Å²) in [5, 5.41) is 0. The summed E-state index contributed by atoms with van der Waals surface area (Å²) in [5.41, 5.74) is 6.24. The van der Waals surface area contributed by atoms with Gasteiger partial charge < -0.3 is 19.3 Å². The predicted molar refractivity (Wildman–Crippen MR) is 97.3 cm³/mol. The van der Waals surface area contributed by atoms with E-state index >= 15 is 0 Å². The van der Waals surface area contributed by atoms with Crippen LogP contribution in [0.15, 0.2) is 6.07 Å². The Morgan fingerprint density at radius 2 is 2.00 bits per heavy atom.